The highest BCUT2D eigenvalue weighted by Crippen LogP contribution is 2.34. The van der Waals surface area contributed by atoms with Crippen LogP contribution in [-0.4, -0.2) is 36.5 Å². The molecule has 5 nitrogen and oxygen atoms in total. The first-order chi connectivity index (χ1) is 11.3. The van der Waals surface area contributed by atoms with Gasteiger partial charge in [0, 0.05) is 13.6 Å². The van der Waals surface area contributed by atoms with E-state index in [1.807, 2.05) is 12.1 Å². The lowest BCUT2D eigenvalue weighted by Crippen LogP contribution is -2.51. The van der Waals surface area contributed by atoms with E-state index in [1.54, 1.807) is 11.9 Å². The summed E-state index contributed by atoms with van der Waals surface area (Å²) in [7, 11) is 1.61. The van der Waals surface area contributed by atoms with Crippen molar-refractivity contribution in [2.24, 2.45) is 5.41 Å². The zero-order chi connectivity index (χ0) is 17.9. The Hall–Kier alpha value is -2.04. The van der Waals surface area contributed by atoms with Crippen LogP contribution in [0.4, 0.5) is 4.79 Å². The van der Waals surface area contributed by atoms with E-state index in [4.69, 9.17) is 0 Å². The van der Waals surface area contributed by atoms with Gasteiger partial charge in [0.15, 0.2) is 0 Å². The van der Waals surface area contributed by atoms with Crippen LogP contribution in [0.2, 0.25) is 0 Å². The predicted octanol–water partition coefficient (Wildman–Crippen LogP) is 3.00. The van der Waals surface area contributed by atoms with Gasteiger partial charge in [-0.05, 0) is 36.3 Å². The monoisotopic (exact) mass is 331 g/mol. The molecule has 3 amide bonds. The Labute approximate surface area is 144 Å². The van der Waals surface area contributed by atoms with Gasteiger partial charge in [0.05, 0.1) is 6.04 Å². The lowest BCUT2D eigenvalue weighted by Gasteiger charge is -2.35. The highest BCUT2D eigenvalue weighted by Gasteiger charge is 2.36. The first-order valence-electron chi connectivity index (χ1n) is 8.60. The molecule has 0 aliphatic carbocycles. The summed E-state index contributed by atoms with van der Waals surface area (Å²) in [5, 5.41) is 5.83. The maximum atomic E-state index is 12.9. The molecule has 0 unspecified atom stereocenters. The standard InChI is InChI=1S/C19H29N3O2/c1-13-9-6-7-10-14(13)16(19(2,3)4)21-18(24)22-12-8-11-15(22)17(23)20-5/h6-7,9-10,15-16H,8,11-12H2,1-5H3,(H,20,23)(H,21,24)/t15-,16+/m1/s1. The van der Waals surface area contributed by atoms with Crippen molar-refractivity contribution in [2.75, 3.05) is 13.6 Å². The Morgan fingerprint density at radius 2 is 1.92 bits per heavy atom. The van der Waals surface area contributed by atoms with Crippen LogP contribution in [0.1, 0.15) is 50.8 Å². The Balaban J connectivity index is 2.23. The lowest BCUT2D eigenvalue weighted by atomic mass is 9.81. The van der Waals surface area contributed by atoms with Gasteiger partial charge in [-0.15, -0.1) is 0 Å². The fourth-order valence-electron chi connectivity index (χ4n) is 3.33. The molecule has 1 saturated heterocycles. The third-order valence-corrected chi connectivity index (χ3v) is 4.70. The second-order valence-corrected chi connectivity index (χ2v) is 7.57. The molecule has 132 valence electrons. The highest BCUT2D eigenvalue weighted by molar-refractivity contribution is 5.87. The molecule has 2 rings (SSSR count). The van der Waals surface area contributed by atoms with Gasteiger partial charge in [0.25, 0.3) is 0 Å². The molecule has 1 aromatic rings. The topological polar surface area (TPSA) is 61.4 Å². The SMILES string of the molecule is CNC(=O)[C@H]1CCCN1C(=O)N[C@@H](c1ccccc1C)C(C)(C)C. The van der Waals surface area contributed by atoms with E-state index in [0.29, 0.717) is 6.54 Å². The summed E-state index contributed by atoms with van der Waals surface area (Å²) in [5.41, 5.74) is 2.14. The number of amides is 3. The van der Waals surface area contributed by atoms with Gasteiger partial charge in [0.1, 0.15) is 6.04 Å². The molecule has 5 heteroatoms. The fourth-order valence-corrected chi connectivity index (χ4v) is 3.33. The Bertz CT molecular complexity index is 607. The average Bonchev–Trinajstić information content (AvgIpc) is 3.01. The van der Waals surface area contributed by atoms with Crippen LogP contribution in [0.15, 0.2) is 24.3 Å². The summed E-state index contributed by atoms with van der Waals surface area (Å²) < 4.78 is 0. The Kier molecular flexibility index (Phi) is 5.52. The zero-order valence-electron chi connectivity index (χ0n) is 15.3. The minimum Gasteiger partial charge on any atom is -0.357 e. The Morgan fingerprint density at radius 1 is 1.25 bits per heavy atom. The third kappa shape index (κ3) is 3.89. The molecule has 2 N–H and O–H groups in total. The lowest BCUT2D eigenvalue weighted by molar-refractivity contribution is -0.124. The second kappa shape index (κ2) is 7.24. The fraction of sp³-hybridized carbons (Fsp3) is 0.579. The van der Waals surface area contributed by atoms with E-state index in [2.05, 4.69) is 50.5 Å². The van der Waals surface area contributed by atoms with Crippen molar-refractivity contribution in [3.8, 4) is 0 Å². The molecule has 1 aliphatic rings. The van der Waals surface area contributed by atoms with Crippen molar-refractivity contribution >= 4 is 11.9 Å². The van der Waals surface area contributed by atoms with Crippen molar-refractivity contribution in [3.63, 3.8) is 0 Å². The smallest absolute Gasteiger partial charge is 0.318 e. The van der Waals surface area contributed by atoms with Crippen molar-refractivity contribution < 1.29 is 9.59 Å². The number of nitrogens with one attached hydrogen (secondary N) is 2. The first-order valence-corrected chi connectivity index (χ1v) is 8.60. The predicted molar refractivity (Wildman–Crippen MR) is 95.7 cm³/mol. The van der Waals surface area contributed by atoms with E-state index in [9.17, 15) is 9.59 Å². The maximum Gasteiger partial charge on any atom is 0.318 e. The summed E-state index contributed by atoms with van der Waals surface area (Å²) in [5.74, 6) is -0.0918. The molecule has 0 bridgehead atoms. The van der Waals surface area contributed by atoms with Gasteiger partial charge in [-0.1, -0.05) is 45.0 Å². The molecule has 1 heterocycles. The van der Waals surface area contributed by atoms with Gasteiger partial charge in [-0.25, -0.2) is 4.79 Å². The van der Waals surface area contributed by atoms with Crippen LogP contribution in [-0.2, 0) is 4.79 Å². The van der Waals surface area contributed by atoms with Crippen molar-refractivity contribution in [1.82, 2.24) is 15.5 Å². The Morgan fingerprint density at radius 3 is 2.50 bits per heavy atom. The number of hydrogen-bond acceptors (Lipinski definition) is 2. The molecule has 0 saturated carbocycles. The second-order valence-electron chi connectivity index (χ2n) is 7.57. The molecule has 1 aromatic carbocycles. The summed E-state index contributed by atoms with van der Waals surface area (Å²) >= 11 is 0. The van der Waals surface area contributed by atoms with Crippen molar-refractivity contribution in [2.45, 2.75) is 52.6 Å². The summed E-state index contributed by atoms with van der Waals surface area (Å²) in [6.07, 6.45) is 1.58. The summed E-state index contributed by atoms with van der Waals surface area (Å²) in [4.78, 5) is 26.5. The normalized spacial score (nSPS) is 19.0. The molecular formula is C19H29N3O2. The number of likely N-dealkylation sites (N-methyl/N-ethyl adjacent to an activating group) is 1. The van der Waals surface area contributed by atoms with Gasteiger partial charge in [0.2, 0.25) is 5.91 Å². The van der Waals surface area contributed by atoms with E-state index < -0.39 is 0 Å². The first kappa shape index (κ1) is 18.3. The van der Waals surface area contributed by atoms with Crippen LogP contribution >= 0.6 is 0 Å². The van der Waals surface area contributed by atoms with Crippen LogP contribution < -0.4 is 10.6 Å². The maximum absolute atomic E-state index is 12.9. The van der Waals surface area contributed by atoms with E-state index in [1.165, 1.54) is 0 Å². The summed E-state index contributed by atoms with van der Waals surface area (Å²) in [6.45, 7) is 9.03. The summed E-state index contributed by atoms with van der Waals surface area (Å²) in [6, 6.07) is 7.47. The minimum absolute atomic E-state index is 0.0918. The molecule has 0 spiro atoms. The third-order valence-electron chi connectivity index (χ3n) is 4.70. The number of carbonyl (C=O) groups is 2. The largest absolute Gasteiger partial charge is 0.357 e. The number of urea groups is 1. The van der Waals surface area contributed by atoms with Gasteiger partial charge in [-0.2, -0.15) is 0 Å². The highest BCUT2D eigenvalue weighted by atomic mass is 16.2. The minimum atomic E-state index is -0.368. The number of benzene rings is 1. The van der Waals surface area contributed by atoms with Gasteiger partial charge in [-0.3, -0.25) is 4.79 Å². The number of carbonyl (C=O) groups excluding carboxylic acids is 2. The van der Waals surface area contributed by atoms with Crippen LogP contribution in [0, 0.1) is 12.3 Å². The number of hydrogen-bond donors (Lipinski definition) is 2. The molecule has 1 aliphatic heterocycles. The van der Waals surface area contributed by atoms with Crippen molar-refractivity contribution in [3.05, 3.63) is 35.4 Å². The quantitative estimate of drug-likeness (QED) is 0.894. The van der Waals surface area contributed by atoms with E-state index in [-0.39, 0.29) is 29.4 Å². The zero-order valence-corrected chi connectivity index (χ0v) is 15.3. The van der Waals surface area contributed by atoms with E-state index >= 15 is 0 Å². The van der Waals surface area contributed by atoms with Crippen LogP contribution in [0.5, 0.6) is 0 Å². The molecule has 0 aromatic heterocycles. The van der Waals surface area contributed by atoms with E-state index in [0.717, 1.165) is 24.0 Å². The number of rotatable bonds is 3. The molecule has 2 atom stereocenters. The molecule has 1 fully saturated rings. The van der Waals surface area contributed by atoms with Gasteiger partial charge < -0.3 is 15.5 Å². The average molecular weight is 331 g/mol. The molecule has 0 radical (unpaired) electrons. The van der Waals surface area contributed by atoms with Crippen LogP contribution in [0.3, 0.4) is 0 Å². The van der Waals surface area contributed by atoms with Gasteiger partial charge >= 0.3 is 6.03 Å². The molecular weight excluding hydrogens is 302 g/mol. The number of aryl methyl sites for hydroxylation is 1. The number of likely N-dealkylation sites (tertiary alicyclic amines) is 1. The number of nitrogens with zero attached hydrogens (tertiary/aromatic N) is 1. The molecule has 24 heavy (non-hydrogen) atoms. The van der Waals surface area contributed by atoms with Crippen molar-refractivity contribution in [1.29, 1.82) is 0 Å². The van der Waals surface area contributed by atoms with Crippen LogP contribution in [0.25, 0.3) is 0 Å².